The van der Waals surface area contributed by atoms with Crippen molar-refractivity contribution in [2.24, 2.45) is 0 Å². The lowest BCUT2D eigenvalue weighted by Gasteiger charge is -2.21. The first-order chi connectivity index (χ1) is 11.2. The van der Waals surface area contributed by atoms with Crippen LogP contribution in [-0.4, -0.2) is 29.3 Å². The second kappa shape index (κ2) is 8.77. The number of hydrogen-bond acceptors (Lipinski definition) is 5. The largest absolute Gasteiger partial charge is 0.357 e. The van der Waals surface area contributed by atoms with E-state index in [9.17, 15) is 0 Å². The fourth-order valence-electron chi connectivity index (χ4n) is 2.46. The fourth-order valence-corrected chi connectivity index (χ4v) is 2.92. The molecule has 0 fully saturated rings. The van der Waals surface area contributed by atoms with Crippen LogP contribution in [0.4, 0.5) is 17.5 Å². The van der Waals surface area contributed by atoms with Gasteiger partial charge in [-0.25, -0.2) is 4.98 Å². The Morgan fingerprint density at radius 2 is 1.87 bits per heavy atom. The Morgan fingerprint density at radius 1 is 1.09 bits per heavy atom. The van der Waals surface area contributed by atoms with Crippen molar-refractivity contribution in [1.82, 2.24) is 9.97 Å². The van der Waals surface area contributed by atoms with Gasteiger partial charge in [0.05, 0.1) is 0 Å². The minimum Gasteiger partial charge on any atom is -0.357 e. The van der Waals surface area contributed by atoms with E-state index in [1.165, 1.54) is 4.90 Å². The summed E-state index contributed by atoms with van der Waals surface area (Å²) < 4.78 is 0. The molecule has 2 rings (SSSR count). The summed E-state index contributed by atoms with van der Waals surface area (Å²) in [6.07, 6.45) is 4.13. The van der Waals surface area contributed by atoms with Crippen LogP contribution in [0.2, 0.25) is 0 Å². The van der Waals surface area contributed by atoms with Crippen molar-refractivity contribution in [1.29, 1.82) is 0 Å². The molecule has 0 unspecified atom stereocenters. The zero-order chi connectivity index (χ0) is 16.7. The summed E-state index contributed by atoms with van der Waals surface area (Å²) in [6.45, 7) is 8.37. The second-order valence-electron chi connectivity index (χ2n) is 5.32. The van der Waals surface area contributed by atoms with Gasteiger partial charge in [-0.15, -0.1) is 11.8 Å². The number of nitrogens with zero attached hydrogens (tertiary/aromatic N) is 3. The van der Waals surface area contributed by atoms with Crippen LogP contribution in [0, 0.1) is 0 Å². The van der Waals surface area contributed by atoms with Gasteiger partial charge in [-0.2, -0.15) is 4.98 Å². The highest BCUT2D eigenvalue weighted by atomic mass is 32.2. The van der Waals surface area contributed by atoms with Gasteiger partial charge in [0.1, 0.15) is 5.82 Å². The van der Waals surface area contributed by atoms with Crippen molar-refractivity contribution >= 4 is 29.2 Å². The Bertz CT molecular complexity index is 626. The van der Waals surface area contributed by atoms with E-state index in [1.54, 1.807) is 11.8 Å². The third-order valence-electron chi connectivity index (χ3n) is 3.69. The van der Waals surface area contributed by atoms with Crippen LogP contribution in [0.1, 0.15) is 32.9 Å². The van der Waals surface area contributed by atoms with Gasteiger partial charge in [0.25, 0.3) is 0 Å². The number of aryl methyl sites for hydroxylation is 1. The summed E-state index contributed by atoms with van der Waals surface area (Å²) in [5, 5.41) is 3.36. The second-order valence-corrected chi connectivity index (χ2v) is 6.20. The van der Waals surface area contributed by atoms with E-state index in [4.69, 9.17) is 4.98 Å². The molecule has 5 heteroatoms. The van der Waals surface area contributed by atoms with Crippen molar-refractivity contribution in [2.75, 3.05) is 29.6 Å². The summed E-state index contributed by atoms with van der Waals surface area (Å²) in [4.78, 5) is 12.9. The molecule has 0 atom stereocenters. The average molecular weight is 331 g/mol. The van der Waals surface area contributed by atoms with Crippen LogP contribution < -0.4 is 10.2 Å². The van der Waals surface area contributed by atoms with E-state index < -0.39 is 0 Å². The molecule has 0 bridgehead atoms. The Balaban J connectivity index is 2.32. The molecule has 0 aliphatic carbocycles. The SMILES string of the molecule is CCCc1cc(N(CC)CC)nc(Nc2cccc(SC)c2)n1. The maximum Gasteiger partial charge on any atom is 0.229 e. The predicted molar refractivity (Wildman–Crippen MR) is 101 cm³/mol. The molecule has 0 aliphatic rings. The molecule has 1 aromatic carbocycles. The van der Waals surface area contributed by atoms with E-state index in [0.717, 1.165) is 43.1 Å². The number of thioether (sulfide) groups is 1. The molecule has 4 nitrogen and oxygen atoms in total. The van der Waals surface area contributed by atoms with Crippen LogP contribution in [-0.2, 0) is 6.42 Å². The molecule has 0 amide bonds. The van der Waals surface area contributed by atoms with Gasteiger partial charge in [-0.05, 0) is 44.7 Å². The Labute approximate surface area is 143 Å². The number of anilines is 3. The first-order valence-corrected chi connectivity index (χ1v) is 9.46. The van der Waals surface area contributed by atoms with Crippen molar-refractivity contribution in [3.63, 3.8) is 0 Å². The molecular weight excluding hydrogens is 304 g/mol. The molecule has 1 aromatic heterocycles. The van der Waals surface area contributed by atoms with E-state index in [0.29, 0.717) is 5.95 Å². The molecule has 1 heterocycles. The molecule has 0 spiro atoms. The van der Waals surface area contributed by atoms with Crippen molar-refractivity contribution in [2.45, 2.75) is 38.5 Å². The molecular formula is C18H26N4S. The highest BCUT2D eigenvalue weighted by Gasteiger charge is 2.09. The molecule has 0 aliphatic heterocycles. The minimum atomic E-state index is 0.677. The zero-order valence-corrected chi connectivity index (χ0v) is 15.3. The average Bonchev–Trinajstić information content (AvgIpc) is 2.56. The third kappa shape index (κ3) is 4.86. The summed E-state index contributed by atoms with van der Waals surface area (Å²) in [7, 11) is 0. The van der Waals surface area contributed by atoms with Gasteiger partial charge < -0.3 is 10.2 Å². The predicted octanol–water partition coefficient (Wildman–Crippen LogP) is 4.74. The number of rotatable bonds is 8. The van der Waals surface area contributed by atoms with Gasteiger partial charge >= 0.3 is 0 Å². The molecule has 0 radical (unpaired) electrons. The minimum absolute atomic E-state index is 0.677. The lowest BCUT2D eigenvalue weighted by atomic mass is 10.2. The number of nitrogens with one attached hydrogen (secondary N) is 1. The van der Waals surface area contributed by atoms with E-state index in [2.05, 4.69) is 66.5 Å². The summed E-state index contributed by atoms with van der Waals surface area (Å²) >= 11 is 1.73. The molecule has 0 saturated heterocycles. The van der Waals surface area contributed by atoms with Gasteiger partial charge in [0.2, 0.25) is 5.95 Å². The smallest absolute Gasteiger partial charge is 0.229 e. The van der Waals surface area contributed by atoms with Crippen LogP contribution >= 0.6 is 11.8 Å². The Morgan fingerprint density at radius 3 is 2.52 bits per heavy atom. The molecule has 0 saturated carbocycles. The highest BCUT2D eigenvalue weighted by molar-refractivity contribution is 7.98. The number of hydrogen-bond donors (Lipinski definition) is 1. The first-order valence-electron chi connectivity index (χ1n) is 8.24. The quantitative estimate of drug-likeness (QED) is 0.708. The van der Waals surface area contributed by atoms with E-state index >= 15 is 0 Å². The lowest BCUT2D eigenvalue weighted by molar-refractivity contribution is 0.824. The fraction of sp³-hybridized carbons (Fsp3) is 0.444. The summed E-state index contributed by atoms with van der Waals surface area (Å²) in [6, 6.07) is 10.4. The Kier molecular flexibility index (Phi) is 6.71. The lowest BCUT2D eigenvalue weighted by Crippen LogP contribution is -2.23. The van der Waals surface area contributed by atoms with Crippen LogP contribution in [0.15, 0.2) is 35.2 Å². The number of aromatic nitrogens is 2. The van der Waals surface area contributed by atoms with Gasteiger partial charge in [0, 0.05) is 35.4 Å². The molecule has 124 valence electrons. The van der Waals surface area contributed by atoms with Gasteiger partial charge in [-0.1, -0.05) is 19.4 Å². The molecule has 2 aromatic rings. The summed E-state index contributed by atoms with van der Waals surface area (Å²) in [5.74, 6) is 1.67. The molecule has 1 N–H and O–H groups in total. The van der Waals surface area contributed by atoms with Crippen LogP contribution in [0.3, 0.4) is 0 Å². The standard InChI is InChI=1S/C18H26N4S/c1-5-9-14-13-17(22(6-2)7-3)21-18(19-14)20-15-10-8-11-16(12-15)23-4/h8,10-13H,5-7,9H2,1-4H3,(H,19,20,21). The van der Waals surface area contributed by atoms with Crippen molar-refractivity contribution < 1.29 is 0 Å². The van der Waals surface area contributed by atoms with Gasteiger partial charge in [0.15, 0.2) is 0 Å². The van der Waals surface area contributed by atoms with E-state index in [1.807, 2.05) is 6.07 Å². The molecule has 23 heavy (non-hydrogen) atoms. The van der Waals surface area contributed by atoms with Gasteiger partial charge in [-0.3, -0.25) is 0 Å². The van der Waals surface area contributed by atoms with Crippen LogP contribution in [0.25, 0.3) is 0 Å². The Hall–Kier alpha value is -1.75. The maximum atomic E-state index is 4.71. The highest BCUT2D eigenvalue weighted by Crippen LogP contribution is 2.23. The monoisotopic (exact) mass is 330 g/mol. The zero-order valence-electron chi connectivity index (χ0n) is 14.5. The number of benzene rings is 1. The normalized spacial score (nSPS) is 10.6. The van der Waals surface area contributed by atoms with E-state index in [-0.39, 0.29) is 0 Å². The maximum absolute atomic E-state index is 4.71. The van der Waals surface area contributed by atoms with Crippen molar-refractivity contribution in [3.8, 4) is 0 Å². The van der Waals surface area contributed by atoms with Crippen molar-refractivity contribution in [3.05, 3.63) is 36.0 Å². The first kappa shape index (κ1) is 17.6. The third-order valence-corrected chi connectivity index (χ3v) is 4.41. The summed E-state index contributed by atoms with van der Waals surface area (Å²) in [5.41, 5.74) is 2.11. The van der Waals surface area contributed by atoms with Crippen LogP contribution in [0.5, 0.6) is 0 Å². The topological polar surface area (TPSA) is 41.1 Å².